The Kier molecular flexibility index (Phi) is 6.65. The van der Waals surface area contributed by atoms with E-state index in [2.05, 4.69) is 17.0 Å². The molecule has 2 aromatic carbocycles. The molecule has 0 fully saturated rings. The van der Waals surface area contributed by atoms with Crippen LogP contribution in [0.5, 0.6) is 5.75 Å². The van der Waals surface area contributed by atoms with Crippen LogP contribution in [0.2, 0.25) is 5.02 Å². The fourth-order valence-corrected chi connectivity index (χ4v) is 3.74. The lowest BCUT2D eigenvalue weighted by atomic mass is 9.89. The zero-order chi connectivity index (χ0) is 20.3. The summed E-state index contributed by atoms with van der Waals surface area (Å²) in [5.41, 5.74) is 5.38. The van der Waals surface area contributed by atoms with Crippen molar-refractivity contribution in [3.05, 3.63) is 64.3 Å². The normalized spacial score (nSPS) is 15.1. The van der Waals surface area contributed by atoms with Gasteiger partial charge in [0.1, 0.15) is 18.6 Å². The third-order valence-electron chi connectivity index (χ3n) is 4.41. The van der Waals surface area contributed by atoms with Crippen LogP contribution in [-0.4, -0.2) is 57.5 Å². The second-order valence-electron chi connectivity index (χ2n) is 6.75. The van der Waals surface area contributed by atoms with E-state index in [4.69, 9.17) is 26.3 Å². The maximum atomic E-state index is 6.55. The molecule has 0 N–H and O–H groups in total. The Balaban J connectivity index is 2.31. The summed E-state index contributed by atoms with van der Waals surface area (Å²) in [7, 11) is 7.77. The number of fused-ring (bicyclic) bond motifs is 1. The molecule has 0 unspecified atom stereocenters. The minimum Gasteiger partial charge on any atom is -0.497 e. The van der Waals surface area contributed by atoms with Crippen LogP contribution >= 0.6 is 23.4 Å². The van der Waals surface area contributed by atoms with Crippen LogP contribution in [0.3, 0.4) is 0 Å². The summed E-state index contributed by atoms with van der Waals surface area (Å²) in [4.78, 5) is 12.1. The van der Waals surface area contributed by atoms with Gasteiger partial charge >= 0.3 is 0 Å². The predicted octanol–water partition coefficient (Wildman–Crippen LogP) is 3.30. The number of aliphatic imine (C=N–C) groups is 2. The lowest BCUT2D eigenvalue weighted by Crippen LogP contribution is -2.13. The number of rotatable bonds is 4. The van der Waals surface area contributed by atoms with Crippen molar-refractivity contribution in [1.29, 1.82) is 0 Å². The third kappa shape index (κ3) is 4.35. The van der Waals surface area contributed by atoms with Gasteiger partial charge in [0.2, 0.25) is 0 Å². The van der Waals surface area contributed by atoms with Gasteiger partial charge in [0.05, 0.1) is 24.2 Å². The summed E-state index contributed by atoms with van der Waals surface area (Å²) in [6, 6.07) is 11.8. The Morgan fingerprint density at radius 1 is 1.18 bits per heavy atom. The topological polar surface area (TPSA) is 37.2 Å². The number of thioether (sulfide) groups is 1. The highest BCUT2D eigenvalue weighted by molar-refractivity contribution is 8.13. The minimum absolute atomic E-state index is 0.667. The van der Waals surface area contributed by atoms with Crippen molar-refractivity contribution in [2.24, 2.45) is 9.98 Å². The van der Waals surface area contributed by atoms with Crippen molar-refractivity contribution in [3.63, 3.8) is 0 Å². The highest BCUT2D eigenvalue weighted by Crippen LogP contribution is 2.33. The zero-order valence-corrected chi connectivity index (χ0v) is 18.4. The highest BCUT2D eigenvalue weighted by atomic mass is 35.5. The van der Waals surface area contributed by atoms with Gasteiger partial charge in [-0.1, -0.05) is 35.9 Å². The van der Waals surface area contributed by atoms with E-state index in [0.717, 1.165) is 51.0 Å². The van der Waals surface area contributed by atoms with Crippen LogP contribution in [0, 0.1) is 0 Å². The van der Waals surface area contributed by atoms with E-state index in [1.54, 1.807) is 18.9 Å². The van der Waals surface area contributed by atoms with E-state index in [1.165, 1.54) is 0 Å². The Labute approximate surface area is 176 Å². The van der Waals surface area contributed by atoms with Crippen LogP contribution in [-0.2, 0) is 0 Å². The quantitative estimate of drug-likeness (QED) is 0.724. The molecule has 1 aliphatic rings. The highest BCUT2D eigenvalue weighted by Gasteiger charge is 2.22. The Morgan fingerprint density at radius 2 is 1.93 bits per heavy atom. The van der Waals surface area contributed by atoms with Gasteiger partial charge in [-0.3, -0.25) is 0 Å². The van der Waals surface area contributed by atoms with Crippen molar-refractivity contribution >= 4 is 53.1 Å². The number of hydrogen-bond acceptors (Lipinski definition) is 5. The minimum atomic E-state index is 0.667. The molecule has 7 heteroatoms. The number of ether oxygens (including phenoxy) is 1. The third-order valence-corrected chi connectivity index (χ3v) is 5.43. The van der Waals surface area contributed by atoms with Gasteiger partial charge in [0.15, 0.2) is 0 Å². The van der Waals surface area contributed by atoms with E-state index < -0.39 is 0 Å². The van der Waals surface area contributed by atoms with E-state index in [0.29, 0.717) is 5.02 Å². The molecule has 0 saturated carbocycles. The average Bonchev–Trinajstić information content (AvgIpc) is 2.82. The SMILES string of the molecule is Bc1cc2c(cc1OC)N=C(SC)/C(=C/CN(C)C)N=C2c1ccccc1Cl. The molecule has 0 aliphatic carbocycles. The van der Waals surface area contributed by atoms with Crippen LogP contribution in [0.1, 0.15) is 11.1 Å². The molecule has 0 aromatic heterocycles. The van der Waals surface area contributed by atoms with Gasteiger partial charge in [-0.15, -0.1) is 11.8 Å². The molecule has 144 valence electrons. The fourth-order valence-electron chi connectivity index (χ4n) is 2.99. The lowest BCUT2D eigenvalue weighted by Gasteiger charge is -2.13. The summed E-state index contributed by atoms with van der Waals surface area (Å²) in [5, 5.41) is 1.54. The molecular formula is C21H23BClN3OS. The number of halogens is 1. The largest absolute Gasteiger partial charge is 0.497 e. The predicted molar refractivity (Wildman–Crippen MR) is 126 cm³/mol. The van der Waals surface area contributed by atoms with Crippen molar-refractivity contribution in [3.8, 4) is 5.75 Å². The van der Waals surface area contributed by atoms with Crippen LogP contribution in [0.4, 0.5) is 5.69 Å². The Morgan fingerprint density at radius 3 is 2.57 bits per heavy atom. The van der Waals surface area contributed by atoms with Crippen molar-refractivity contribution in [2.75, 3.05) is 34.0 Å². The average molecular weight is 412 g/mol. The second kappa shape index (κ2) is 8.99. The van der Waals surface area contributed by atoms with Crippen LogP contribution in [0.25, 0.3) is 0 Å². The zero-order valence-electron chi connectivity index (χ0n) is 16.8. The molecular weight excluding hydrogens is 389 g/mol. The maximum Gasteiger partial charge on any atom is 0.144 e. The van der Waals surface area contributed by atoms with E-state index in [-0.39, 0.29) is 0 Å². The number of benzene rings is 2. The number of methoxy groups -OCH3 is 1. The molecule has 0 radical (unpaired) electrons. The van der Waals surface area contributed by atoms with Gasteiger partial charge in [-0.05, 0) is 38.0 Å². The molecule has 0 spiro atoms. The fraction of sp³-hybridized carbons (Fsp3) is 0.238. The van der Waals surface area contributed by atoms with Gasteiger partial charge in [0.25, 0.3) is 0 Å². The standard InChI is InChI=1S/C21H23BClN3OS/c1-26(2)10-9-17-21(28-4)25-18-12-19(27-3)15(22)11-14(18)20(24-17)13-7-5-6-8-16(13)23/h5-9,11-12H,10,22H2,1-4H3/b17-9-. The molecule has 0 amide bonds. The van der Waals surface area contributed by atoms with E-state index in [9.17, 15) is 0 Å². The number of likely N-dealkylation sites (N-methyl/N-ethyl adjacent to an activating group) is 1. The first kappa shape index (κ1) is 20.7. The Bertz CT molecular complexity index is 986. The smallest absolute Gasteiger partial charge is 0.144 e. The van der Waals surface area contributed by atoms with E-state index in [1.807, 2.05) is 58.5 Å². The van der Waals surface area contributed by atoms with Crippen molar-refractivity contribution in [1.82, 2.24) is 4.90 Å². The van der Waals surface area contributed by atoms with E-state index >= 15 is 0 Å². The summed E-state index contributed by atoms with van der Waals surface area (Å²) in [5.74, 6) is 0.808. The lowest BCUT2D eigenvalue weighted by molar-refractivity contribution is 0.418. The Hall–Kier alpha value is -2.02. The first-order chi connectivity index (χ1) is 13.4. The number of hydrogen-bond donors (Lipinski definition) is 0. The van der Waals surface area contributed by atoms with Gasteiger partial charge in [-0.2, -0.15) is 0 Å². The van der Waals surface area contributed by atoms with Gasteiger partial charge < -0.3 is 9.64 Å². The van der Waals surface area contributed by atoms with Crippen molar-refractivity contribution < 1.29 is 4.74 Å². The molecule has 0 atom stereocenters. The molecule has 0 saturated heterocycles. The number of nitrogens with zero attached hydrogens (tertiary/aromatic N) is 3. The van der Waals surface area contributed by atoms with Crippen molar-refractivity contribution in [2.45, 2.75) is 0 Å². The maximum absolute atomic E-state index is 6.55. The van der Waals surface area contributed by atoms with Crippen LogP contribution < -0.4 is 10.2 Å². The first-order valence-electron chi connectivity index (χ1n) is 8.95. The van der Waals surface area contributed by atoms with Gasteiger partial charge in [0, 0.05) is 28.8 Å². The molecule has 28 heavy (non-hydrogen) atoms. The molecule has 2 aromatic rings. The summed E-state index contributed by atoms with van der Waals surface area (Å²) in [6.07, 6.45) is 4.12. The summed E-state index contributed by atoms with van der Waals surface area (Å²) >= 11 is 8.13. The first-order valence-corrected chi connectivity index (χ1v) is 10.6. The molecule has 1 heterocycles. The molecule has 4 nitrogen and oxygen atoms in total. The summed E-state index contributed by atoms with van der Waals surface area (Å²) in [6.45, 7) is 0.771. The second-order valence-corrected chi connectivity index (χ2v) is 7.95. The molecule has 0 bridgehead atoms. The van der Waals surface area contributed by atoms with Gasteiger partial charge in [-0.25, -0.2) is 9.98 Å². The molecule has 3 rings (SSSR count). The van der Waals surface area contributed by atoms with Crippen LogP contribution in [0.15, 0.2) is 58.2 Å². The monoisotopic (exact) mass is 411 g/mol. The molecule has 1 aliphatic heterocycles. The summed E-state index contributed by atoms with van der Waals surface area (Å²) < 4.78 is 5.53.